The first-order chi connectivity index (χ1) is 12.8. The van der Waals surface area contributed by atoms with Gasteiger partial charge in [-0.2, -0.15) is 0 Å². The molecule has 0 spiro atoms. The van der Waals surface area contributed by atoms with Crippen LogP contribution in [0.1, 0.15) is 22.6 Å². The van der Waals surface area contributed by atoms with Gasteiger partial charge in [0.2, 0.25) is 10.0 Å². The topological polar surface area (TPSA) is 93.0 Å². The molecule has 0 saturated carbocycles. The number of rotatable bonds is 4. The van der Waals surface area contributed by atoms with E-state index in [9.17, 15) is 13.2 Å². The van der Waals surface area contributed by atoms with Crippen molar-refractivity contribution < 1.29 is 17.9 Å². The molecule has 0 aromatic carbocycles. The maximum absolute atomic E-state index is 13.2. The van der Waals surface area contributed by atoms with Crippen LogP contribution in [0.4, 0.5) is 0 Å². The molecule has 0 aliphatic carbocycles. The van der Waals surface area contributed by atoms with E-state index in [1.165, 1.54) is 0 Å². The van der Waals surface area contributed by atoms with E-state index in [0.29, 0.717) is 37.0 Å². The van der Waals surface area contributed by atoms with E-state index in [0.717, 1.165) is 18.3 Å². The Kier molecular flexibility index (Phi) is 4.69. The highest BCUT2D eigenvalue weighted by molar-refractivity contribution is 7.88. The molecule has 8 nitrogen and oxygen atoms in total. The number of amides is 1. The first-order valence-corrected chi connectivity index (χ1v) is 11.0. The Hall–Kier alpha value is -1.97. The molecule has 4 heterocycles. The highest BCUT2D eigenvalue weighted by Gasteiger charge is 2.42. The monoisotopic (exact) mass is 392 g/mol. The van der Waals surface area contributed by atoms with Gasteiger partial charge in [-0.15, -0.1) is 0 Å². The van der Waals surface area contributed by atoms with Crippen LogP contribution in [0.5, 0.6) is 0 Å². The van der Waals surface area contributed by atoms with Gasteiger partial charge in [0.25, 0.3) is 5.91 Å². The number of hydrogen-bond acceptors (Lipinski definition) is 5. The number of carbonyl (C=O) groups excluding carboxylic acids is 1. The minimum atomic E-state index is -3.27. The van der Waals surface area contributed by atoms with Crippen molar-refractivity contribution in [3.63, 3.8) is 0 Å². The van der Waals surface area contributed by atoms with Gasteiger partial charge in [0.15, 0.2) is 0 Å². The number of aromatic nitrogens is 2. The van der Waals surface area contributed by atoms with Crippen molar-refractivity contribution in [3.05, 3.63) is 35.8 Å². The average Bonchev–Trinajstić information content (AvgIpc) is 3.18. The molecule has 0 radical (unpaired) electrons. The number of fused-ring (bicyclic) bond motifs is 2. The van der Waals surface area contributed by atoms with Crippen molar-refractivity contribution in [1.29, 1.82) is 0 Å². The Morgan fingerprint density at radius 3 is 3.00 bits per heavy atom. The SMILES string of the molecule is Cc1nc2ccccn2c1C(=O)N1CC[C@H]2CO[C@H](CNS(C)(=O)=O)[C@H]2C1. The molecule has 9 heteroatoms. The largest absolute Gasteiger partial charge is 0.376 e. The number of piperidine rings is 1. The molecular weight excluding hydrogens is 368 g/mol. The zero-order chi connectivity index (χ0) is 19.2. The summed E-state index contributed by atoms with van der Waals surface area (Å²) in [4.78, 5) is 19.6. The number of aryl methyl sites for hydroxylation is 1. The Morgan fingerprint density at radius 1 is 1.41 bits per heavy atom. The fourth-order valence-corrected chi connectivity index (χ4v) is 4.65. The number of hydrogen-bond donors (Lipinski definition) is 1. The van der Waals surface area contributed by atoms with Crippen LogP contribution in [0, 0.1) is 18.8 Å². The summed E-state index contributed by atoms with van der Waals surface area (Å²) in [5.74, 6) is 0.464. The Bertz CT molecular complexity index is 971. The van der Waals surface area contributed by atoms with E-state index >= 15 is 0 Å². The van der Waals surface area contributed by atoms with Gasteiger partial charge in [-0.3, -0.25) is 9.20 Å². The van der Waals surface area contributed by atoms with Gasteiger partial charge in [0, 0.05) is 31.7 Å². The normalized spacial score (nSPS) is 25.7. The number of nitrogens with one attached hydrogen (secondary N) is 1. The number of carbonyl (C=O) groups is 1. The summed E-state index contributed by atoms with van der Waals surface area (Å²) in [6, 6.07) is 5.67. The van der Waals surface area contributed by atoms with Gasteiger partial charge >= 0.3 is 0 Å². The number of nitrogens with zero attached hydrogens (tertiary/aromatic N) is 3. The van der Waals surface area contributed by atoms with Gasteiger partial charge in [-0.05, 0) is 31.4 Å². The minimum Gasteiger partial charge on any atom is -0.376 e. The van der Waals surface area contributed by atoms with Crippen molar-refractivity contribution >= 4 is 21.6 Å². The number of ether oxygens (including phenoxy) is 1. The predicted octanol–water partition coefficient (Wildman–Crippen LogP) is 0.669. The molecule has 1 N–H and O–H groups in total. The molecule has 4 rings (SSSR count). The number of likely N-dealkylation sites (tertiary alicyclic amines) is 1. The summed E-state index contributed by atoms with van der Waals surface area (Å²) in [5.41, 5.74) is 2.06. The van der Waals surface area contributed by atoms with Crippen LogP contribution in [0.15, 0.2) is 24.4 Å². The van der Waals surface area contributed by atoms with E-state index in [-0.39, 0.29) is 24.5 Å². The van der Waals surface area contributed by atoms with Crippen LogP contribution in [0.2, 0.25) is 0 Å². The minimum absolute atomic E-state index is 0.0358. The molecule has 2 fully saturated rings. The zero-order valence-corrected chi connectivity index (χ0v) is 16.3. The lowest BCUT2D eigenvalue weighted by Gasteiger charge is -2.36. The van der Waals surface area contributed by atoms with E-state index in [4.69, 9.17) is 4.74 Å². The van der Waals surface area contributed by atoms with Gasteiger partial charge in [-0.25, -0.2) is 18.1 Å². The van der Waals surface area contributed by atoms with Crippen LogP contribution >= 0.6 is 0 Å². The van der Waals surface area contributed by atoms with Crippen LogP contribution in [0.3, 0.4) is 0 Å². The Balaban J connectivity index is 1.53. The summed E-state index contributed by atoms with van der Waals surface area (Å²) in [5, 5.41) is 0. The third-order valence-electron chi connectivity index (χ3n) is 5.55. The second-order valence-electron chi connectivity index (χ2n) is 7.43. The summed E-state index contributed by atoms with van der Waals surface area (Å²) < 4.78 is 33.0. The Morgan fingerprint density at radius 2 is 2.22 bits per heavy atom. The van der Waals surface area contributed by atoms with Gasteiger partial charge in [0.1, 0.15) is 11.3 Å². The molecule has 3 atom stereocenters. The highest BCUT2D eigenvalue weighted by Crippen LogP contribution is 2.34. The molecule has 2 aromatic heterocycles. The van der Waals surface area contributed by atoms with Gasteiger partial charge in [0.05, 0.1) is 24.7 Å². The lowest BCUT2D eigenvalue weighted by atomic mass is 9.84. The lowest BCUT2D eigenvalue weighted by Crippen LogP contribution is -2.47. The van der Waals surface area contributed by atoms with Gasteiger partial charge in [-0.1, -0.05) is 6.07 Å². The maximum Gasteiger partial charge on any atom is 0.272 e. The first kappa shape index (κ1) is 18.4. The molecule has 2 aliphatic heterocycles. The zero-order valence-electron chi connectivity index (χ0n) is 15.5. The van der Waals surface area contributed by atoms with Crippen LogP contribution in [0.25, 0.3) is 5.65 Å². The third-order valence-corrected chi connectivity index (χ3v) is 6.24. The van der Waals surface area contributed by atoms with E-state index in [2.05, 4.69) is 9.71 Å². The molecule has 2 aromatic rings. The number of imidazole rings is 1. The second-order valence-corrected chi connectivity index (χ2v) is 9.26. The third kappa shape index (κ3) is 3.59. The van der Waals surface area contributed by atoms with Gasteiger partial charge < -0.3 is 9.64 Å². The molecule has 0 unspecified atom stereocenters. The van der Waals surface area contributed by atoms with Crippen molar-refractivity contribution in [2.45, 2.75) is 19.4 Å². The fraction of sp³-hybridized carbons (Fsp3) is 0.556. The van der Waals surface area contributed by atoms with Crippen molar-refractivity contribution in [2.75, 3.05) is 32.5 Å². The Labute approximate surface area is 158 Å². The molecular formula is C18H24N4O4S. The van der Waals surface area contributed by atoms with E-state index in [1.807, 2.05) is 40.6 Å². The number of sulfonamides is 1. The van der Waals surface area contributed by atoms with E-state index < -0.39 is 10.0 Å². The van der Waals surface area contributed by atoms with Crippen LogP contribution in [-0.2, 0) is 14.8 Å². The molecule has 2 aliphatic rings. The van der Waals surface area contributed by atoms with Crippen molar-refractivity contribution in [3.8, 4) is 0 Å². The standard InChI is InChI=1S/C18H24N4O4S/c1-12-17(22-7-4-3-5-16(22)20-12)18(23)21-8-6-13-11-26-15(14(13)10-21)9-19-27(2,24)25/h3-5,7,13-15,19H,6,8-11H2,1-2H3/t13-,14-,15+/m0/s1. The molecule has 0 bridgehead atoms. The van der Waals surface area contributed by atoms with Crippen LogP contribution in [-0.4, -0.2) is 67.2 Å². The molecule has 1 amide bonds. The fourth-order valence-electron chi connectivity index (χ4n) is 4.18. The summed E-state index contributed by atoms with van der Waals surface area (Å²) in [6.07, 6.45) is 3.65. The van der Waals surface area contributed by atoms with E-state index in [1.54, 1.807) is 0 Å². The quantitative estimate of drug-likeness (QED) is 0.826. The smallest absolute Gasteiger partial charge is 0.272 e. The maximum atomic E-state index is 13.2. The highest BCUT2D eigenvalue weighted by atomic mass is 32.2. The number of pyridine rings is 1. The second kappa shape index (κ2) is 6.88. The summed E-state index contributed by atoms with van der Waals surface area (Å²) in [6.45, 7) is 3.97. The predicted molar refractivity (Wildman–Crippen MR) is 100 cm³/mol. The summed E-state index contributed by atoms with van der Waals surface area (Å²) in [7, 11) is -3.27. The lowest BCUT2D eigenvalue weighted by molar-refractivity contribution is 0.0556. The molecule has 146 valence electrons. The molecule has 2 saturated heterocycles. The van der Waals surface area contributed by atoms with Crippen molar-refractivity contribution in [1.82, 2.24) is 19.0 Å². The average molecular weight is 392 g/mol. The van der Waals surface area contributed by atoms with Crippen LogP contribution < -0.4 is 4.72 Å². The molecule has 27 heavy (non-hydrogen) atoms. The summed E-state index contributed by atoms with van der Waals surface area (Å²) >= 11 is 0. The first-order valence-electron chi connectivity index (χ1n) is 9.12. The van der Waals surface area contributed by atoms with Crippen molar-refractivity contribution in [2.24, 2.45) is 11.8 Å².